The molecule has 0 unspecified atom stereocenters. The molecule has 1 aromatic carbocycles. The van der Waals surface area contributed by atoms with E-state index in [0.29, 0.717) is 25.0 Å². The monoisotopic (exact) mass is 318 g/mol. The average Bonchev–Trinajstić information content (AvgIpc) is 2.47. The molecule has 4 nitrogen and oxygen atoms in total. The van der Waals surface area contributed by atoms with Gasteiger partial charge in [0.25, 0.3) is 5.56 Å². The minimum absolute atomic E-state index is 0.139. The number of carbonyl (C=O) groups is 1. The van der Waals surface area contributed by atoms with E-state index in [0.717, 1.165) is 12.1 Å². The second-order valence-electron chi connectivity index (χ2n) is 6.49. The molecule has 0 bridgehead atoms. The Morgan fingerprint density at radius 3 is 2.57 bits per heavy atom. The highest BCUT2D eigenvalue weighted by Gasteiger charge is 2.29. The molecule has 2 heterocycles. The van der Waals surface area contributed by atoms with E-state index < -0.39 is 17.4 Å². The number of rotatable bonds is 2. The van der Waals surface area contributed by atoms with Crippen molar-refractivity contribution in [3.8, 4) is 0 Å². The number of pyridine rings is 1. The van der Waals surface area contributed by atoms with Crippen LogP contribution in [0.1, 0.15) is 29.8 Å². The molecule has 0 fully saturated rings. The van der Waals surface area contributed by atoms with E-state index in [2.05, 4.69) is 5.32 Å². The lowest BCUT2D eigenvalue weighted by atomic mass is 9.90. The summed E-state index contributed by atoms with van der Waals surface area (Å²) in [6.07, 6.45) is 0. The number of hydrogen-bond acceptors (Lipinski definition) is 3. The predicted octanol–water partition coefficient (Wildman–Crippen LogP) is 2.81. The van der Waals surface area contributed by atoms with Gasteiger partial charge in [0.2, 0.25) is 0 Å². The lowest BCUT2D eigenvalue weighted by Gasteiger charge is -2.34. The Balaban J connectivity index is 2.11. The van der Waals surface area contributed by atoms with Gasteiger partial charge in [0.05, 0.1) is 11.1 Å². The van der Waals surface area contributed by atoms with Crippen LogP contribution in [0.15, 0.2) is 35.1 Å². The third-order valence-electron chi connectivity index (χ3n) is 3.92. The molecule has 1 aliphatic rings. The van der Waals surface area contributed by atoms with E-state index in [-0.39, 0.29) is 22.1 Å². The van der Waals surface area contributed by atoms with E-state index in [9.17, 15) is 18.4 Å². The fourth-order valence-corrected chi connectivity index (χ4v) is 2.74. The minimum atomic E-state index is -0.920. The van der Waals surface area contributed by atoms with Gasteiger partial charge in [-0.25, -0.2) is 8.78 Å². The number of ketones is 1. The number of anilines is 1. The van der Waals surface area contributed by atoms with E-state index in [4.69, 9.17) is 0 Å². The second-order valence-corrected chi connectivity index (χ2v) is 6.49. The number of nitrogens with one attached hydrogen (secondary N) is 1. The zero-order chi connectivity index (χ0) is 16.8. The molecule has 3 rings (SSSR count). The van der Waals surface area contributed by atoms with Crippen LogP contribution >= 0.6 is 0 Å². The summed E-state index contributed by atoms with van der Waals surface area (Å²) in [7, 11) is 0. The Morgan fingerprint density at radius 1 is 1.17 bits per heavy atom. The zero-order valence-corrected chi connectivity index (χ0v) is 12.8. The summed E-state index contributed by atoms with van der Waals surface area (Å²) in [5.41, 5.74) is -0.388. The van der Waals surface area contributed by atoms with E-state index >= 15 is 0 Å². The highest BCUT2D eigenvalue weighted by atomic mass is 19.1. The molecule has 0 saturated heterocycles. The molecule has 23 heavy (non-hydrogen) atoms. The van der Waals surface area contributed by atoms with Crippen LogP contribution in [0, 0.1) is 17.0 Å². The van der Waals surface area contributed by atoms with Gasteiger partial charge in [0.1, 0.15) is 17.5 Å². The van der Waals surface area contributed by atoms with Crippen LogP contribution in [0.3, 0.4) is 0 Å². The fraction of sp³-hybridized carbons (Fsp3) is 0.294. The van der Waals surface area contributed by atoms with Crippen molar-refractivity contribution in [2.45, 2.75) is 20.4 Å². The summed E-state index contributed by atoms with van der Waals surface area (Å²) in [6, 6.07) is 5.49. The Morgan fingerprint density at radius 2 is 1.87 bits per heavy atom. The highest BCUT2D eigenvalue weighted by Crippen LogP contribution is 2.29. The van der Waals surface area contributed by atoms with Crippen LogP contribution in [-0.2, 0) is 6.54 Å². The van der Waals surface area contributed by atoms with Crippen LogP contribution in [0.2, 0.25) is 0 Å². The summed E-state index contributed by atoms with van der Waals surface area (Å²) in [5, 5.41) is 3.09. The number of hydrogen-bond donors (Lipinski definition) is 1. The van der Waals surface area contributed by atoms with Crippen molar-refractivity contribution in [1.29, 1.82) is 0 Å². The summed E-state index contributed by atoms with van der Waals surface area (Å²) < 4.78 is 28.4. The van der Waals surface area contributed by atoms with Crippen molar-refractivity contribution in [1.82, 2.24) is 4.57 Å². The number of benzene rings is 1. The molecule has 2 aromatic rings. The summed E-state index contributed by atoms with van der Waals surface area (Å²) in [4.78, 5) is 24.7. The standard InChI is InChI=1S/C17H16F2N2O2/c1-17(2)8-20-16-12(5-6-14(22)21(16)9-17)15(23)11-4-3-10(18)7-13(11)19/h3-7,20H,8-9H2,1-2H3. The SMILES string of the molecule is CC1(C)CNc2c(C(=O)c3ccc(F)cc3F)ccc(=O)n2C1. The van der Waals surface area contributed by atoms with E-state index in [1.54, 1.807) is 0 Å². The zero-order valence-electron chi connectivity index (χ0n) is 12.8. The molecule has 1 N–H and O–H groups in total. The normalized spacial score (nSPS) is 15.7. The highest BCUT2D eigenvalue weighted by molar-refractivity contribution is 6.12. The average molecular weight is 318 g/mol. The minimum Gasteiger partial charge on any atom is -0.370 e. The molecular weight excluding hydrogens is 302 g/mol. The molecule has 120 valence electrons. The van der Waals surface area contributed by atoms with Gasteiger partial charge in [0, 0.05) is 30.6 Å². The van der Waals surface area contributed by atoms with Gasteiger partial charge in [0.15, 0.2) is 5.78 Å². The molecule has 0 spiro atoms. The van der Waals surface area contributed by atoms with Gasteiger partial charge in [-0.1, -0.05) is 13.8 Å². The number of fused-ring (bicyclic) bond motifs is 1. The Hall–Kier alpha value is -2.50. The Labute approximate surface area is 131 Å². The largest absolute Gasteiger partial charge is 0.370 e. The predicted molar refractivity (Wildman–Crippen MR) is 82.8 cm³/mol. The van der Waals surface area contributed by atoms with Crippen LogP contribution in [0.4, 0.5) is 14.6 Å². The lowest BCUT2D eigenvalue weighted by Crippen LogP contribution is -2.40. The molecule has 1 aliphatic heterocycles. The number of carbonyl (C=O) groups excluding carboxylic acids is 1. The summed E-state index contributed by atoms with van der Waals surface area (Å²) in [5.74, 6) is -1.87. The van der Waals surface area contributed by atoms with E-state index in [1.807, 2.05) is 13.8 Å². The van der Waals surface area contributed by atoms with Crippen molar-refractivity contribution in [2.75, 3.05) is 11.9 Å². The van der Waals surface area contributed by atoms with Crippen LogP contribution in [-0.4, -0.2) is 16.9 Å². The molecule has 0 aliphatic carbocycles. The molecule has 1 aromatic heterocycles. The maximum atomic E-state index is 13.9. The molecule has 0 amide bonds. The maximum absolute atomic E-state index is 13.9. The van der Waals surface area contributed by atoms with Crippen molar-refractivity contribution in [3.63, 3.8) is 0 Å². The van der Waals surface area contributed by atoms with Crippen molar-refractivity contribution >= 4 is 11.6 Å². The first-order chi connectivity index (χ1) is 10.8. The number of halogens is 2. The first-order valence-corrected chi connectivity index (χ1v) is 7.26. The van der Waals surface area contributed by atoms with Gasteiger partial charge in [-0.2, -0.15) is 0 Å². The third-order valence-corrected chi connectivity index (χ3v) is 3.92. The molecular formula is C17H16F2N2O2. The number of nitrogens with zero attached hydrogens (tertiary/aromatic N) is 1. The third kappa shape index (κ3) is 2.76. The maximum Gasteiger partial charge on any atom is 0.252 e. The van der Waals surface area contributed by atoms with Gasteiger partial charge in [-0.3, -0.25) is 14.2 Å². The fourth-order valence-electron chi connectivity index (χ4n) is 2.74. The van der Waals surface area contributed by atoms with Crippen LogP contribution in [0.5, 0.6) is 0 Å². The van der Waals surface area contributed by atoms with Gasteiger partial charge >= 0.3 is 0 Å². The molecule has 0 radical (unpaired) electrons. The van der Waals surface area contributed by atoms with Gasteiger partial charge < -0.3 is 5.32 Å². The van der Waals surface area contributed by atoms with E-state index in [1.165, 1.54) is 16.7 Å². The smallest absolute Gasteiger partial charge is 0.252 e. The summed E-state index contributed by atoms with van der Waals surface area (Å²) >= 11 is 0. The van der Waals surface area contributed by atoms with Gasteiger partial charge in [-0.05, 0) is 18.2 Å². The first-order valence-electron chi connectivity index (χ1n) is 7.26. The summed E-state index contributed by atoms with van der Waals surface area (Å²) in [6.45, 7) is 5.05. The molecule has 6 heteroatoms. The van der Waals surface area contributed by atoms with Gasteiger partial charge in [-0.15, -0.1) is 0 Å². The first kappa shape index (κ1) is 15.4. The second kappa shape index (κ2) is 5.30. The quantitative estimate of drug-likeness (QED) is 0.866. The topological polar surface area (TPSA) is 51.1 Å². The van der Waals surface area contributed by atoms with Crippen LogP contribution < -0.4 is 10.9 Å². The lowest BCUT2D eigenvalue weighted by molar-refractivity contribution is 0.103. The van der Waals surface area contributed by atoms with Crippen molar-refractivity contribution in [3.05, 3.63) is 63.4 Å². The van der Waals surface area contributed by atoms with Crippen LogP contribution in [0.25, 0.3) is 0 Å². The Kier molecular flexibility index (Phi) is 3.55. The molecule has 0 saturated carbocycles. The number of aromatic nitrogens is 1. The molecule has 0 atom stereocenters. The van der Waals surface area contributed by atoms with Crippen molar-refractivity contribution in [2.24, 2.45) is 5.41 Å². The van der Waals surface area contributed by atoms with Crippen molar-refractivity contribution < 1.29 is 13.6 Å². The Bertz CT molecular complexity index is 856.